The number of nitrogens with zero attached hydrogens (tertiary/aromatic N) is 3. The van der Waals surface area contributed by atoms with Crippen molar-refractivity contribution in [2.45, 2.75) is 57.9 Å². The quantitative estimate of drug-likeness (QED) is 0.244. The molecule has 0 atom stereocenters. The summed E-state index contributed by atoms with van der Waals surface area (Å²) in [4.78, 5) is 15.0. The number of esters is 1. The van der Waals surface area contributed by atoms with Crippen LogP contribution >= 0.6 is 0 Å². The van der Waals surface area contributed by atoms with Gasteiger partial charge in [-0.1, -0.05) is 18.5 Å². The van der Waals surface area contributed by atoms with Crippen molar-refractivity contribution in [2.24, 2.45) is 11.0 Å². The Hall–Kier alpha value is -1.26. The Balaban J connectivity index is 2.56. The van der Waals surface area contributed by atoms with Crippen LogP contribution in [0.3, 0.4) is 0 Å². The van der Waals surface area contributed by atoms with Crippen molar-refractivity contribution in [3.8, 4) is 0 Å². The molecule has 0 amide bonds. The third-order valence-electron chi connectivity index (χ3n) is 4.16. The third kappa shape index (κ3) is 4.69. The van der Waals surface area contributed by atoms with Gasteiger partial charge in [-0.2, -0.15) is 0 Å². The fraction of sp³-hybridized carbons (Fsp3) is 0.929. The second-order valence-corrected chi connectivity index (χ2v) is 5.39. The topological polar surface area (TPSA) is 87.1 Å². The van der Waals surface area contributed by atoms with Crippen LogP contribution in [-0.4, -0.2) is 31.2 Å². The minimum atomic E-state index is -0.530. The molecule has 1 saturated carbocycles. The Kier molecular flexibility index (Phi) is 7.41. The van der Waals surface area contributed by atoms with Crippen LogP contribution in [0.2, 0.25) is 0 Å². The van der Waals surface area contributed by atoms with Crippen LogP contribution in [0, 0.1) is 5.92 Å². The van der Waals surface area contributed by atoms with E-state index in [4.69, 9.17) is 10.3 Å². The summed E-state index contributed by atoms with van der Waals surface area (Å²) in [5.41, 5.74) is 7.71. The van der Waals surface area contributed by atoms with Crippen LogP contribution in [0.1, 0.15) is 52.4 Å². The van der Waals surface area contributed by atoms with Gasteiger partial charge in [-0.3, -0.25) is 4.79 Å². The zero-order chi connectivity index (χ0) is 14.8. The van der Waals surface area contributed by atoms with Crippen molar-refractivity contribution in [3.05, 3.63) is 10.4 Å². The first-order chi connectivity index (χ1) is 9.68. The van der Waals surface area contributed by atoms with Crippen molar-refractivity contribution in [3.63, 3.8) is 0 Å². The molecule has 0 aromatic heterocycles. The first kappa shape index (κ1) is 16.8. The Bertz CT molecular complexity index is 345. The zero-order valence-corrected chi connectivity index (χ0v) is 12.6. The molecular weight excluding hydrogens is 256 g/mol. The summed E-state index contributed by atoms with van der Waals surface area (Å²) in [5, 5.41) is 6.87. The average molecular weight is 282 g/mol. The standard InChI is InChI=1S/C14H26N4O2/c1-3-12-6-8-14(9-7-12,13(19)20-4-2)16-10-5-11-17-18-15/h12,16H,3-11H2,1-2H3. The SMILES string of the molecule is CCOC(=O)C1(NCCCN=[N+]=[N-])CCC(CC)CC1. The van der Waals surface area contributed by atoms with E-state index in [1.807, 2.05) is 6.92 Å². The van der Waals surface area contributed by atoms with Crippen molar-refractivity contribution in [1.82, 2.24) is 5.32 Å². The third-order valence-corrected chi connectivity index (χ3v) is 4.16. The van der Waals surface area contributed by atoms with E-state index in [2.05, 4.69) is 22.3 Å². The minimum absolute atomic E-state index is 0.127. The molecule has 0 aromatic rings. The monoisotopic (exact) mass is 282 g/mol. The lowest BCUT2D eigenvalue weighted by molar-refractivity contribution is -0.153. The van der Waals surface area contributed by atoms with Gasteiger partial charge in [0.25, 0.3) is 0 Å². The molecular formula is C14H26N4O2. The Morgan fingerprint density at radius 2 is 2.15 bits per heavy atom. The van der Waals surface area contributed by atoms with Crippen LogP contribution in [0.15, 0.2) is 5.11 Å². The summed E-state index contributed by atoms with van der Waals surface area (Å²) in [6.07, 6.45) is 5.73. The lowest BCUT2D eigenvalue weighted by atomic mass is 9.75. The largest absolute Gasteiger partial charge is 0.465 e. The molecule has 1 aliphatic carbocycles. The molecule has 0 aromatic carbocycles. The van der Waals surface area contributed by atoms with Gasteiger partial charge in [0.2, 0.25) is 0 Å². The van der Waals surface area contributed by atoms with Gasteiger partial charge in [-0.25, -0.2) is 0 Å². The molecule has 0 spiro atoms. The number of nitrogens with one attached hydrogen (secondary N) is 1. The van der Waals surface area contributed by atoms with E-state index >= 15 is 0 Å². The molecule has 0 saturated heterocycles. The highest BCUT2D eigenvalue weighted by Crippen LogP contribution is 2.34. The molecule has 0 aliphatic heterocycles. The second kappa shape index (κ2) is 8.82. The first-order valence-corrected chi connectivity index (χ1v) is 7.61. The van der Waals surface area contributed by atoms with E-state index in [0.29, 0.717) is 19.7 Å². The molecule has 1 N–H and O–H groups in total. The van der Waals surface area contributed by atoms with Crippen LogP contribution in [-0.2, 0) is 9.53 Å². The van der Waals surface area contributed by atoms with Gasteiger partial charge in [0, 0.05) is 11.5 Å². The minimum Gasteiger partial charge on any atom is -0.465 e. The lowest BCUT2D eigenvalue weighted by Gasteiger charge is -2.38. The molecule has 0 unspecified atom stereocenters. The molecule has 6 heteroatoms. The number of azide groups is 1. The van der Waals surface area contributed by atoms with Crippen molar-refractivity contribution in [1.29, 1.82) is 0 Å². The first-order valence-electron chi connectivity index (χ1n) is 7.61. The summed E-state index contributed by atoms with van der Waals surface area (Å²) in [6, 6.07) is 0. The highest BCUT2D eigenvalue weighted by Gasteiger charge is 2.42. The zero-order valence-electron chi connectivity index (χ0n) is 12.6. The summed E-state index contributed by atoms with van der Waals surface area (Å²) in [6.45, 7) is 5.59. The molecule has 0 radical (unpaired) electrons. The summed E-state index contributed by atoms with van der Waals surface area (Å²) in [5.74, 6) is 0.598. The highest BCUT2D eigenvalue weighted by atomic mass is 16.5. The predicted octanol–water partition coefficient (Wildman–Crippen LogP) is 3.18. The Morgan fingerprint density at radius 1 is 1.45 bits per heavy atom. The van der Waals surface area contributed by atoms with Crippen LogP contribution in [0.25, 0.3) is 10.4 Å². The van der Waals surface area contributed by atoms with Gasteiger partial charge in [-0.15, -0.1) is 0 Å². The lowest BCUT2D eigenvalue weighted by Crippen LogP contribution is -2.55. The number of carbonyl (C=O) groups is 1. The second-order valence-electron chi connectivity index (χ2n) is 5.39. The summed E-state index contributed by atoms with van der Waals surface area (Å²) in [7, 11) is 0. The number of rotatable bonds is 8. The molecule has 0 bridgehead atoms. The van der Waals surface area contributed by atoms with Gasteiger partial charge < -0.3 is 10.1 Å². The maximum Gasteiger partial charge on any atom is 0.326 e. The van der Waals surface area contributed by atoms with Gasteiger partial charge >= 0.3 is 5.97 Å². The molecule has 6 nitrogen and oxygen atoms in total. The van der Waals surface area contributed by atoms with Gasteiger partial charge in [0.05, 0.1) is 6.61 Å². The summed E-state index contributed by atoms with van der Waals surface area (Å²) < 4.78 is 5.25. The Morgan fingerprint density at radius 3 is 2.70 bits per heavy atom. The molecule has 1 rings (SSSR count). The van der Waals surface area contributed by atoms with Crippen molar-refractivity contribution in [2.75, 3.05) is 19.7 Å². The number of hydrogen-bond acceptors (Lipinski definition) is 4. The fourth-order valence-corrected chi connectivity index (χ4v) is 2.82. The average Bonchev–Trinajstić information content (AvgIpc) is 2.48. The van der Waals surface area contributed by atoms with Crippen LogP contribution in [0.5, 0.6) is 0 Å². The predicted molar refractivity (Wildman–Crippen MR) is 78.2 cm³/mol. The van der Waals surface area contributed by atoms with Gasteiger partial charge in [0.15, 0.2) is 0 Å². The smallest absolute Gasteiger partial charge is 0.326 e. The Labute approximate surface area is 120 Å². The van der Waals surface area contributed by atoms with E-state index in [1.165, 1.54) is 6.42 Å². The van der Waals surface area contributed by atoms with E-state index in [1.54, 1.807) is 0 Å². The number of ether oxygens (including phenoxy) is 1. The number of hydrogen-bond donors (Lipinski definition) is 1. The molecule has 20 heavy (non-hydrogen) atoms. The number of carbonyl (C=O) groups excluding carboxylic acids is 1. The van der Waals surface area contributed by atoms with E-state index in [9.17, 15) is 4.79 Å². The summed E-state index contributed by atoms with van der Waals surface area (Å²) >= 11 is 0. The molecule has 0 heterocycles. The normalized spacial score (nSPS) is 25.8. The van der Waals surface area contributed by atoms with E-state index in [0.717, 1.165) is 38.0 Å². The van der Waals surface area contributed by atoms with Crippen molar-refractivity contribution >= 4 is 5.97 Å². The van der Waals surface area contributed by atoms with Crippen molar-refractivity contribution < 1.29 is 9.53 Å². The van der Waals surface area contributed by atoms with E-state index < -0.39 is 5.54 Å². The highest BCUT2D eigenvalue weighted by molar-refractivity contribution is 5.81. The molecule has 114 valence electrons. The van der Waals surface area contributed by atoms with Crippen LogP contribution < -0.4 is 5.32 Å². The van der Waals surface area contributed by atoms with E-state index in [-0.39, 0.29) is 5.97 Å². The molecule has 1 fully saturated rings. The van der Waals surface area contributed by atoms with Gasteiger partial charge in [-0.05, 0) is 57.0 Å². The fourth-order valence-electron chi connectivity index (χ4n) is 2.82. The molecule has 1 aliphatic rings. The maximum absolute atomic E-state index is 12.3. The van der Waals surface area contributed by atoms with Gasteiger partial charge in [0.1, 0.15) is 5.54 Å². The van der Waals surface area contributed by atoms with Crippen LogP contribution in [0.4, 0.5) is 0 Å². The maximum atomic E-state index is 12.3.